The molecule has 2 N–H and O–H groups in total. The monoisotopic (exact) mass is 481 g/mol. The van der Waals surface area contributed by atoms with Crippen LogP contribution in [0.5, 0.6) is 5.75 Å². The molecule has 176 valence electrons. The van der Waals surface area contributed by atoms with Crippen LogP contribution in [0, 0.1) is 6.92 Å². The molecule has 4 rings (SSSR count). The summed E-state index contributed by atoms with van der Waals surface area (Å²) in [6, 6.07) is 12.2. The molecular formula is C24H24ClN5O4. The van der Waals surface area contributed by atoms with Crippen molar-refractivity contribution in [3.05, 3.63) is 70.3 Å². The first-order valence-electron chi connectivity index (χ1n) is 10.9. The van der Waals surface area contributed by atoms with E-state index in [4.69, 9.17) is 26.4 Å². The maximum atomic E-state index is 12.5. The topological polar surface area (TPSA) is 119 Å². The normalized spacial score (nSPS) is 14.4. The van der Waals surface area contributed by atoms with Crippen molar-refractivity contribution in [1.29, 1.82) is 0 Å². The summed E-state index contributed by atoms with van der Waals surface area (Å²) in [4.78, 5) is 28.4. The maximum absolute atomic E-state index is 12.5. The summed E-state index contributed by atoms with van der Waals surface area (Å²) >= 11 is 6.12. The van der Waals surface area contributed by atoms with Crippen LogP contribution in [-0.4, -0.2) is 50.6 Å². The lowest BCUT2D eigenvalue weighted by atomic mass is 10.00. The highest BCUT2D eigenvalue weighted by molar-refractivity contribution is 6.30. The lowest BCUT2D eigenvalue weighted by molar-refractivity contribution is -0.137. The number of ether oxygens (including phenoxy) is 1. The van der Waals surface area contributed by atoms with E-state index < -0.39 is 12.0 Å². The van der Waals surface area contributed by atoms with Gasteiger partial charge >= 0.3 is 5.97 Å². The Morgan fingerprint density at radius 3 is 2.65 bits per heavy atom. The minimum absolute atomic E-state index is 0.0399. The Kier molecular flexibility index (Phi) is 6.93. The van der Waals surface area contributed by atoms with Gasteiger partial charge in [-0.25, -0.2) is 0 Å². The Morgan fingerprint density at radius 2 is 1.94 bits per heavy atom. The molecule has 1 atom stereocenters. The highest BCUT2D eigenvalue weighted by atomic mass is 35.5. The molecule has 0 unspecified atom stereocenters. The molecule has 34 heavy (non-hydrogen) atoms. The summed E-state index contributed by atoms with van der Waals surface area (Å²) in [6.45, 7) is 4.26. The van der Waals surface area contributed by atoms with E-state index in [1.807, 2.05) is 42.7 Å². The zero-order valence-electron chi connectivity index (χ0n) is 18.8. The van der Waals surface area contributed by atoms with Gasteiger partial charge in [0.25, 0.3) is 0 Å². The second-order valence-electron chi connectivity index (χ2n) is 7.77. The molecule has 0 spiro atoms. The van der Waals surface area contributed by atoms with Gasteiger partial charge in [-0.15, -0.1) is 10.2 Å². The number of aliphatic imine (C=N–C) groups is 1. The summed E-state index contributed by atoms with van der Waals surface area (Å²) < 4.78 is 7.58. The van der Waals surface area contributed by atoms with Gasteiger partial charge < -0.3 is 15.2 Å². The lowest BCUT2D eigenvalue weighted by Crippen LogP contribution is -2.25. The number of benzene rings is 2. The van der Waals surface area contributed by atoms with Crippen LogP contribution in [0.1, 0.15) is 48.6 Å². The zero-order chi connectivity index (χ0) is 24.2. The molecule has 0 fully saturated rings. The van der Waals surface area contributed by atoms with E-state index in [-0.39, 0.29) is 25.4 Å². The molecule has 9 nitrogen and oxygen atoms in total. The van der Waals surface area contributed by atoms with E-state index >= 15 is 0 Å². The van der Waals surface area contributed by atoms with Crippen molar-refractivity contribution in [2.75, 3.05) is 13.2 Å². The van der Waals surface area contributed by atoms with Gasteiger partial charge in [0, 0.05) is 22.7 Å². The smallest absolute Gasteiger partial charge is 0.306 e. The highest BCUT2D eigenvalue weighted by Crippen LogP contribution is 2.34. The van der Waals surface area contributed by atoms with E-state index in [0.29, 0.717) is 34.7 Å². The van der Waals surface area contributed by atoms with Crippen molar-refractivity contribution in [1.82, 2.24) is 20.1 Å². The second kappa shape index (κ2) is 10.0. The summed E-state index contributed by atoms with van der Waals surface area (Å²) in [5.41, 5.74) is 2.99. The molecule has 2 heterocycles. The Bertz CT molecular complexity index is 1250. The van der Waals surface area contributed by atoms with Gasteiger partial charge in [-0.1, -0.05) is 23.7 Å². The van der Waals surface area contributed by atoms with Crippen LogP contribution in [0.2, 0.25) is 5.02 Å². The third kappa shape index (κ3) is 4.94. The average Bonchev–Trinajstić information content (AvgIpc) is 3.12. The number of hydrogen-bond donors (Lipinski definition) is 2. The molecule has 0 bridgehead atoms. The molecule has 1 aliphatic rings. The first-order valence-corrected chi connectivity index (χ1v) is 11.3. The third-order valence-electron chi connectivity index (χ3n) is 5.35. The van der Waals surface area contributed by atoms with Crippen LogP contribution in [-0.2, 0) is 9.59 Å². The second-order valence-corrected chi connectivity index (χ2v) is 8.21. The largest absolute Gasteiger partial charge is 0.493 e. The number of rotatable bonds is 8. The van der Waals surface area contributed by atoms with Crippen LogP contribution in [0.25, 0.3) is 5.69 Å². The standard InChI is InChI=1S/C24H24ClN5O4/c1-3-26-21(31)13-19-24-29-28-14(2)30(24)20-9-8-17(34-11-10-22(32)33)12-18(20)23(27-19)15-4-6-16(25)7-5-15/h4-9,12,19H,3,10-11,13H2,1-2H3,(H,26,31)(H,32,33)/t19-/m0/s1. The van der Waals surface area contributed by atoms with E-state index in [0.717, 1.165) is 16.8 Å². The van der Waals surface area contributed by atoms with Gasteiger partial charge in [-0.3, -0.25) is 19.1 Å². The first kappa shape index (κ1) is 23.4. The number of carbonyl (C=O) groups is 2. The number of aryl methyl sites for hydroxylation is 1. The third-order valence-corrected chi connectivity index (χ3v) is 5.60. The van der Waals surface area contributed by atoms with Crippen molar-refractivity contribution in [2.45, 2.75) is 32.7 Å². The number of amides is 1. The summed E-state index contributed by atoms with van der Waals surface area (Å²) in [5, 5.41) is 20.9. The number of hydrogen-bond acceptors (Lipinski definition) is 6. The Balaban J connectivity index is 1.87. The molecule has 10 heteroatoms. The minimum atomic E-state index is -0.934. The van der Waals surface area contributed by atoms with Crippen LogP contribution >= 0.6 is 11.6 Å². The number of nitrogens with zero attached hydrogens (tertiary/aromatic N) is 4. The number of aromatic nitrogens is 3. The molecule has 0 saturated heterocycles. The number of carboxylic acid groups (broad SMARTS) is 1. The molecule has 1 amide bonds. The molecule has 1 aromatic heterocycles. The number of aliphatic carboxylic acids is 1. The minimum Gasteiger partial charge on any atom is -0.493 e. The van der Waals surface area contributed by atoms with E-state index in [1.54, 1.807) is 18.2 Å². The predicted molar refractivity (Wildman–Crippen MR) is 127 cm³/mol. The van der Waals surface area contributed by atoms with Gasteiger partial charge in [0.2, 0.25) is 5.91 Å². The van der Waals surface area contributed by atoms with Crippen LogP contribution in [0.4, 0.5) is 0 Å². The summed E-state index contributed by atoms with van der Waals surface area (Å²) in [5.74, 6) is 0.660. The van der Waals surface area contributed by atoms with Crippen LogP contribution < -0.4 is 10.1 Å². The summed E-state index contributed by atoms with van der Waals surface area (Å²) in [7, 11) is 0. The molecule has 3 aromatic rings. The van der Waals surface area contributed by atoms with Gasteiger partial charge in [-0.2, -0.15) is 0 Å². The van der Waals surface area contributed by atoms with Gasteiger partial charge in [0.05, 0.1) is 30.8 Å². The Morgan fingerprint density at radius 1 is 1.18 bits per heavy atom. The first-order chi connectivity index (χ1) is 16.4. The van der Waals surface area contributed by atoms with Crippen molar-refractivity contribution in [3.63, 3.8) is 0 Å². The maximum Gasteiger partial charge on any atom is 0.306 e. The highest BCUT2D eigenvalue weighted by Gasteiger charge is 2.30. The number of halogens is 1. The van der Waals surface area contributed by atoms with Crippen molar-refractivity contribution in [2.24, 2.45) is 4.99 Å². The zero-order valence-corrected chi connectivity index (χ0v) is 19.5. The van der Waals surface area contributed by atoms with E-state index in [9.17, 15) is 9.59 Å². The fourth-order valence-electron chi connectivity index (χ4n) is 3.84. The molecule has 1 aliphatic heterocycles. The molecule has 0 radical (unpaired) electrons. The van der Waals surface area contributed by atoms with E-state index in [1.165, 1.54) is 0 Å². The number of carboxylic acids is 1. The summed E-state index contributed by atoms with van der Waals surface area (Å²) in [6.07, 6.45) is -0.00243. The fourth-order valence-corrected chi connectivity index (χ4v) is 3.97. The Hall–Kier alpha value is -3.72. The molecule has 2 aromatic carbocycles. The number of carbonyl (C=O) groups excluding carboxylic acids is 1. The van der Waals surface area contributed by atoms with Crippen LogP contribution in [0.3, 0.4) is 0 Å². The fraction of sp³-hybridized carbons (Fsp3) is 0.292. The molecule has 0 aliphatic carbocycles. The number of nitrogens with one attached hydrogen (secondary N) is 1. The van der Waals surface area contributed by atoms with E-state index in [2.05, 4.69) is 15.5 Å². The Labute approximate surface area is 201 Å². The van der Waals surface area contributed by atoms with Crippen LogP contribution in [0.15, 0.2) is 47.5 Å². The SMILES string of the molecule is CCNC(=O)C[C@@H]1N=C(c2ccc(Cl)cc2)c2cc(OCCC(=O)O)ccc2-n2c(C)nnc21. The van der Waals surface area contributed by atoms with Gasteiger partial charge in [0.1, 0.15) is 17.6 Å². The van der Waals surface area contributed by atoms with Gasteiger partial charge in [-0.05, 0) is 44.2 Å². The predicted octanol–water partition coefficient (Wildman–Crippen LogP) is 3.50. The lowest BCUT2D eigenvalue weighted by Gasteiger charge is -2.15. The average molecular weight is 482 g/mol. The van der Waals surface area contributed by atoms with Crippen molar-refractivity contribution < 1.29 is 19.4 Å². The van der Waals surface area contributed by atoms with Gasteiger partial charge in [0.15, 0.2) is 5.82 Å². The van der Waals surface area contributed by atoms with Crippen molar-refractivity contribution in [3.8, 4) is 11.4 Å². The molecule has 0 saturated carbocycles. The number of fused-ring (bicyclic) bond motifs is 3. The molecular weight excluding hydrogens is 458 g/mol. The quantitative estimate of drug-likeness (QED) is 0.508. The van der Waals surface area contributed by atoms with Crippen molar-refractivity contribution >= 4 is 29.2 Å².